The van der Waals surface area contributed by atoms with E-state index in [1.165, 1.54) is 13.2 Å². The van der Waals surface area contributed by atoms with Crippen molar-refractivity contribution < 1.29 is 27.8 Å². The van der Waals surface area contributed by atoms with Crippen molar-refractivity contribution in [3.8, 4) is 5.75 Å². The Labute approximate surface area is 153 Å². The van der Waals surface area contributed by atoms with E-state index >= 15 is 0 Å². The van der Waals surface area contributed by atoms with Crippen LogP contribution in [0.1, 0.15) is 47.1 Å². The minimum Gasteiger partial charge on any atom is -0.493 e. The van der Waals surface area contributed by atoms with Crippen molar-refractivity contribution in [3.63, 3.8) is 0 Å². The van der Waals surface area contributed by atoms with Crippen LogP contribution in [0, 0.1) is 23.5 Å². The monoisotopic (exact) mass is 368 g/mol. The van der Waals surface area contributed by atoms with E-state index in [2.05, 4.69) is 0 Å². The van der Waals surface area contributed by atoms with Gasteiger partial charge in [0.15, 0.2) is 11.6 Å². The lowest BCUT2D eigenvalue weighted by Crippen LogP contribution is -2.26. The van der Waals surface area contributed by atoms with E-state index < -0.39 is 23.2 Å². The van der Waals surface area contributed by atoms with Gasteiger partial charge in [0.25, 0.3) is 0 Å². The number of carbonyl (C=O) groups excluding carboxylic acids is 1. The van der Waals surface area contributed by atoms with Gasteiger partial charge in [-0.1, -0.05) is 20.8 Å². The highest BCUT2D eigenvalue weighted by Crippen LogP contribution is 2.45. The summed E-state index contributed by atoms with van der Waals surface area (Å²) in [6.45, 7) is 11.1. The molecule has 1 aromatic carbocycles. The average molecular weight is 368 g/mol. The van der Waals surface area contributed by atoms with E-state index in [-0.39, 0.29) is 29.4 Å². The lowest BCUT2D eigenvalue weighted by atomic mass is 9.86. The number of hydrogen-bond acceptors (Lipinski definition) is 4. The maximum absolute atomic E-state index is 14.2. The Kier molecular flexibility index (Phi) is 5.64. The Bertz CT molecular complexity index is 732. The summed E-state index contributed by atoms with van der Waals surface area (Å²) in [6.07, 6.45) is -0.287. The third-order valence-corrected chi connectivity index (χ3v) is 4.23. The molecule has 0 amide bonds. The van der Waals surface area contributed by atoms with E-state index in [0.29, 0.717) is 11.1 Å². The average Bonchev–Trinajstić information content (AvgIpc) is 2.86. The summed E-state index contributed by atoms with van der Waals surface area (Å²) in [5, 5.41) is 0. The van der Waals surface area contributed by atoms with Gasteiger partial charge in [0.05, 0.1) is 7.11 Å². The molecule has 0 N–H and O–H groups in total. The zero-order valence-corrected chi connectivity index (χ0v) is 16.3. The van der Waals surface area contributed by atoms with Gasteiger partial charge in [-0.3, -0.25) is 0 Å². The highest BCUT2D eigenvalue weighted by molar-refractivity contribution is 5.98. The van der Waals surface area contributed by atoms with Crippen molar-refractivity contribution in [2.75, 3.05) is 7.11 Å². The number of halogens is 2. The van der Waals surface area contributed by atoms with Gasteiger partial charge in [-0.05, 0) is 38.8 Å². The molecule has 1 aromatic rings. The predicted molar refractivity (Wildman–Crippen MR) is 94.6 cm³/mol. The molecular formula is C20H26F2O4. The Morgan fingerprint density at radius 3 is 2.35 bits per heavy atom. The van der Waals surface area contributed by atoms with E-state index in [4.69, 9.17) is 14.2 Å². The third kappa shape index (κ3) is 3.84. The van der Waals surface area contributed by atoms with Crippen LogP contribution in [0.5, 0.6) is 5.75 Å². The zero-order valence-electron chi connectivity index (χ0n) is 16.3. The molecule has 2 atom stereocenters. The molecule has 0 bridgehead atoms. The molecule has 1 heterocycles. The SMILES string of the molecule is COc1c(C2=C(C(=O)OC(C)(C)C)O[C@@H](C(C)C)[C@H]2C)ccc(F)c1F. The van der Waals surface area contributed by atoms with E-state index in [9.17, 15) is 13.6 Å². The zero-order chi connectivity index (χ0) is 19.8. The molecule has 0 fully saturated rings. The summed E-state index contributed by atoms with van der Waals surface area (Å²) in [7, 11) is 1.26. The summed E-state index contributed by atoms with van der Waals surface area (Å²) in [5.74, 6) is -3.09. The van der Waals surface area contributed by atoms with Gasteiger partial charge in [-0.2, -0.15) is 4.39 Å². The van der Waals surface area contributed by atoms with Crippen LogP contribution in [0.4, 0.5) is 8.78 Å². The summed E-state index contributed by atoms with van der Waals surface area (Å²) >= 11 is 0. The normalized spacial score (nSPS) is 20.4. The number of rotatable bonds is 4. The van der Waals surface area contributed by atoms with Crippen molar-refractivity contribution in [2.24, 2.45) is 11.8 Å². The van der Waals surface area contributed by atoms with E-state index in [1.807, 2.05) is 20.8 Å². The van der Waals surface area contributed by atoms with Crippen LogP contribution in [0.25, 0.3) is 5.57 Å². The molecule has 0 unspecified atom stereocenters. The number of ether oxygens (including phenoxy) is 3. The van der Waals surface area contributed by atoms with Crippen LogP contribution in [0.2, 0.25) is 0 Å². The minimum atomic E-state index is -1.10. The Morgan fingerprint density at radius 1 is 1.23 bits per heavy atom. The second-order valence-electron chi connectivity index (χ2n) is 7.80. The Balaban J connectivity index is 2.64. The summed E-state index contributed by atoms with van der Waals surface area (Å²) in [4.78, 5) is 12.7. The molecule has 0 radical (unpaired) electrons. The van der Waals surface area contributed by atoms with Crippen molar-refractivity contribution in [3.05, 3.63) is 35.1 Å². The molecule has 0 spiro atoms. The van der Waals surface area contributed by atoms with Crippen molar-refractivity contribution in [1.29, 1.82) is 0 Å². The summed E-state index contributed by atoms with van der Waals surface area (Å²) in [5.41, 5.74) is 0.0483. The van der Waals surface area contributed by atoms with Crippen molar-refractivity contribution in [1.82, 2.24) is 0 Å². The van der Waals surface area contributed by atoms with Crippen LogP contribution >= 0.6 is 0 Å². The van der Waals surface area contributed by atoms with Gasteiger partial charge in [-0.25, -0.2) is 9.18 Å². The molecule has 0 saturated heterocycles. The number of carbonyl (C=O) groups is 1. The molecule has 1 aliphatic heterocycles. The Morgan fingerprint density at radius 2 is 1.85 bits per heavy atom. The fraction of sp³-hybridized carbons (Fsp3) is 0.550. The van der Waals surface area contributed by atoms with Gasteiger partial charge in [-0.15, -0.1) is 0 Å². The molecule has 6 heteroatoms. The molecule has 1 aliphatic rings. The standard InChI is InChI=1S/C20H26F2O4/c1-10(2)16-11(3)14(18(25-16)19(23)26-20(4,5)6)12-8-9-13(21)15(22)17(12)24-7/h8-11,16H,1-7H3/t11-,16-/m0/s1. The van der Waals surface area contributed by atoms with E-state index in [0.717, 1.165) is 6.07 Å². The maximum atomic E-state index is 14.2. The van der Waals surface area contributed by atoms with Gasteiger partial charge >= 0.3 is 5.97 Å². The first-order valence-corrected chi connectivity index (χ1v) is 8.64. The van der Waals surface area contributed by atoms with Gasteiger partial charge < -0.3 is 14.2 Å². The molecular weight excluding hydrogens is 342 g/mol. The molecule has 144 valence electrons. The van der Waals surface area contributed by atoms with Crippen LogP contribution in [0.15, 0.2) is 17.9 Å². The molecule has 0 aliphatic carbocycles. The number of benzene rings is 1. The van der Waals surface area contributed by atoms with Crippen LogP contribution < -0.4 is 4.74 Å². The van der Waals surface area contributed by atoms with Crippen LogP contribution in [-0.2, 0) is 14.3 Å². The highest BCUT2D eigenvalue weighted by Gasteiger charge is 2.42. The first-order valence-electron chi connectivity index (χ1n) is 8.64. The fourth-order valence-corrected chi connectivity index (χ4v) is 3.18. The molecule has 26 heavy (non-hydrogen) atoms. The second-order valence-corrected chi connectivity index (χ2v) is 7.80. The van der Waals surface area contributed by atoms with Crippen molar-refractivity contribution in [2.45, 2.75) is 53.2 Å². The second kappa shape index (κ2) is 7.25. The first kappa shape index (κ1) is 20.2. The van der Waals surface area contributed by atoms with Gasteiger partial charge in [0, 0.05) is 17.1 Å². The Hall–Kier alpha value is -2.11. The van der Waals surface area contributed by atoms with Crippen LogP contribution in [-0.4, -0.2) is 24.8 Å². The fourth-order valence-electron chi connectivity index (χ4n) is 3.18. The molecule has 4 nitrogen and oxygen atoms in total. The highest BCUT2D eigenvalue weighted by atomic mass is 19.2. The quantitative estimate of drug-likeness (QED) is 0.722. The van der Waals surface area contributed by atoms with Crippen molar-refractivity contribution >= 4 is 11.5 Å². The maximum Gasteiger partial charge on any atom is 0.374 e. The number of esters is 1. The molecule has 0 saturated carbocycles. The lowest BCUT2D eigenvalue weighted by Gasteiger charge is -2.22. The van der Waals surface area contributed by atoms with E-state index in [1.54, 1.807) is 20.8 Å². The first-order chi connectivity index (χ1) is 12.0. The number of methoxy groups -OCH3 is 1. The predicted octanol–water partition coefficient (Wildman–Crippen LogP) is 4.72. The molecule has 2 rings (SSSR count). The third-order valence-electron chi connectivity index (χ3n) is 4.23. The topological polar surface area (TPSA) is 44.8 Å². The summed E-state index contributed by atoms with van der Waals surface area (Å²) in [6, 6.07) is 2.42. The smallest absolute Gasteiger partial charge is 0.374 e. The largest absolute Gasteiger partial charge is 0.493 e. The molecule has 0 aromatic heterocycles. The van der Waals surface area contributed by atoms with Crippen LogP contribution in [0.3, 0.4) is 0 Å². The number of hydrogen-bond donors (Lipinski definition) is 0. The summed E-state index contributed by atoms with van der Waals surface area (Å²) < 4.78 is 44.3. The van der Waals surface area contributed by atoms with Gasteiger partial charge in [0.1, 0.15) is 11.7 Å². The lowest BCUT2D eigenvalue weighted by molar-refractivity contribution is -0.154. The minimum absolute atomic E-state index is 0.0235. The van der Waals surface area contributed by atoms with Gasteiger partial charge in [0.2, 0.25) is 11.6 Å².